The lowest BCUT2D eigenvalue weighted by Gasteiger charge is -2.35. The third-order valence-electron chi connectivity index (χ3n) is 4.71. The van der Waals surface area contributed by atoms with Gasteiger partial charge in [-0.25, -0.2) is 4.39 Å². The molecule has 0 bridgehead atoms. The Bertz CT molecular complexity index is 1050. The molecule has 1 aliphatic heterocycles. The Balaban J connectivity index is 1.81. The van der Waals surface area contributed by atoms with E-state index >= 15 is 0 Å². The van der Waals surface area contributed by atoms with Gasteiger partial charge in [0.05, 0.1) is 11.1 Å². The van der Waals surface area contributed by atoms with E-state index in [0.29, 0.717) is 24.2 Å². The summed E-state index contributed by atoms with van der Waals surface area (Å²) in [5.41, 5.74) is 2.40. The minimum absolute atomic E-state index is 0.263. The molecule has 1 atom stereocenters. The normalized spacial score (nSPS) is 17.0. The molecule has 6 heteroatoms. The summed E-state index contributed by atoms with van der Waals surface area (Å²) in [6, 6.07) is 14.1. The quantitative estimate of drug-likeness (QED) is 0.761. The van der Waals surface area contributed by atoms with Gasteiger partial charge in [0, 0.05) is 24.2 Å². The third-order valence-corrected chi connectivity index (χ3v) is 4.71. The van der Waals surface area contributed by atoms with Crippen molar-refractivity contribution in [1.82, 2.24) is 15.2 Å². The van der Waals surface area contributed by atoms with Crippen LogP contribution in [0.4, 0.5) is 4.39 Å². The molecule has 1 fully saturated rings. The van der Waals surface area contributed by atoms with E-state index < -0.39 is 11.9 Å². The molecule has 136 valence electrons. The second kappa shape index (κ2) is 6.79. The second-order valence-corrected chi connectivity index (χ2v) is 6.58. The number of nitrogens with one attached hydrogen (secondary N) is 1. The van der Waals surface area contributed by atoms with Crippen LogP contribution in [0.25, 0.3) is 10.9 Å². The van der Waals surface area contributed by atoms with E-state index in [2.05, 4.69) is 10.3 Å². The Morgan fingerprint density at radius 2 is 2.00 bits per heavy atom. The van der Waals surface area contributed by atoms with Crippen molar-refractivity contribution in [2.75, 3.05) is 13.1 Å². The Morgan fingerprint density at radius 1 is 1.19 bits per heavy atom. The van der Waals surface area contributed by atoms with E-state index in [1.54, 1.807) is 18.2 Å². The van der Waals surface area contributed by atoms with E-state index in [0.717, 1.165) is 16.6 Å². The topological polar surface area (TPSA) is 62.3 Å². The van der Waals surface area contributed by atoms with Crippen LogP contribution in [0.3, 0.4) is 0 Å². The zero-order valence-electron chi connectivity index (χ0n) is 14.8. The maximum atomic E-state index is 13.7. The maximum Gasteiger partial charge on any atom is 0.255 e. The fraction of sp³-hybridized carbons (Fsp3) is 0.190. The van der Waals surface area contributed by atoms with Crippen LogP contribution in [0, 0.1) is 12.7 Å². The zero-order valence-corrected chi connectivity index (χ0v) is 14.8. The Morgan fingerprint density at radius 3 is 2.81 bits per heavy atom. The van der Waals surface area contributed by atoms with Crippen molar-refractivity contribution < 1.29 is 14.0 Å². The van der Waals surface area contributed by atoms with Gasteiger partial charge in [0.2, 0.25) is 5.91 Å². The number of pyridine rings is 1. The summed E-state index contributed by atoms with van der Waals surface area (Å²) < 4.78 is 13.7. The van der Waals surface area contributed by atoms with Crippen LogP contribution in [-0.2, 0) is 4.79 Å². The Kier molecular flexibility index (Phi) is 4.32. The standard InChI is InChI=1S/C21H18FN3O2/c1-13-11-17(16-7-2-3-8-18(16)24-13)21(27)25-10-9-23-20(26)19(25)14-5-4-6-15(22)12-14/h2-8,11-12,19H,9-10H2,1H3,(H,23,26). The lowest BCUT2D eigenvalue weighted by atomic mass is 9.99. The van der Waals surface area contributed by atoms with Crippen LogP contribution in [0.5, 0.6) is 0 Å². The number of fused-ring (bicyclic) bond motifs is 1. The first kappa shape index (κ1) is 17.1. The highest BCUT2D eigenvalue weighted by Gasteiger charge is 2.35. The van der Waals surface area contributed by atoms with Crippen LogP contribution in [0.1, 0.15) is 27.7 Å². The summed E-state index contributed by atoms with van der Waals surface area (Å²) >= 11 is 0. The molecule has 3 aromatic rings. The maximum absolute atomic E-state index is 13.7. The van der Waals surface area contributed by atoms with Crippen molar-refractivity contribution >= 4 is 22.7 Å². The predicted molar refractivity (Wildman–Crippen MR) is 99.7 cm³/mol. The number of amides is 2. The highest BCUT2D eigenvalue weighted by Crippen LogP contribution is 2.28. The fourth-order valence-corrected chi connectivity index (χ4v) is 3.53. The van der Waals surface area contributed by atoms with Gasteiger partial charge in [0.15, 0.2) is 0 Å². The number of halogens is 1. The zero-order chi connectivity index (χ0) is 19.0. The van der Waals surface area contributed by atoms with Crippen LogP contribution in [0.15, 0.2) is 54.6 Å². The van der Waals surface area contributed by atoms with E-state index in [4.69, 9.17) is 0 Å². The van der Waals surface area contributed by atoms with Crippen molar-refractivity contribution in [3.63, 3.8) is 0 Å². The number of rotatable bonds is 2. The SMILES string of the molecule is Cc1cc(C(=O)N2CCNC(=O)C2c2cccc(F)c2)c2ccccc2n1. The van der Waals surface area contributed by atoms with E-state index in [9.17, 15) is 14.0 Å². The number of hydrogen-bond acceptors (Lipinski definition) is 3. The van der Waals surface area contributed by atoms with Gasteiger partial charge in [0.1, 0.15) is 11.9 Å². The van der Waals surface area contributed by atoms with Crippen molar-refractivity contribution in [3.8, 4) is 0 Å². The van der Waals surface area contributed by atoms with Crippen molar-refractivity contribution in [2.24, 2.45) is 0 Å². The summed E-state index contributed by atoms with van der Waals surface area (Å²) in [4.78, 5) is 31.9. The highest BCUT2D eigenvalue weighted by atomic mass is 19.1. The van der Waals surface area contributed by atoms with Gasteiger partial charge in [-0.3, -0.25) is 14.6 Å². The Labute approximate surface area is 155 Å². The van der Waals surface area contributed by atoms with Crippen LogP contribution in [0.2, 0.25) is 0 Å². The van der Waals surface area contributed by atoms with Gasteiger partial charge in [-0.1, -0.05) is 30.3 Å². The van der Waals surface area contributed by atoms with Gasteiger partial charge >= 0.3 is 0 Å². The number of aryl methyl sites for hydroxylation is 1. The molecule has 2 aromatic carbocycles. The van der Waals surface area contributed by atoms with Crippen LogP contribution < -0.4 is 5.32 Å². The first-order chi connectivity index (χ1) is 13.0. The number of carbonyl (C=O) groups is 2. The Hall–Kier alpha value is -3.28. The molecule has 5 nitrogen and oxygen atoms in total. The molecule has 1 aromatic heterocycles. The van der Waals surface area contributed by atoms with Gasteiger partial charge in [0.25, 0.3) is 5.91 Å². The number of carbonyl (C=O) groups excluding carboxylic acids is 2. The summed E-state index contributed by atoms with van der Waals surface area (Å²) in [5.74, 6) is -1.01. The number of para-hydroxylation sites is 1. The number of benzene rings is 2. The molecular formula is C21H18FN3O2. The van der Waals surface area contributed by atoms with Crippen molar-refractivity contribution in [3.05, 3.63) is 77.2 Å². The molecular weight excluding hydrogens is 345 g/mol. The van der Waals surface area contributed by atoms with Gasteiger partial charge in [-0.15, -0.1) is 0 Å². The predicted octanol–water partition coefficient (Wildman–Crippen LogP) is 3.00. The molecule has 2 amide bonds. The van der Waals surface area contributed by atoms with E-state index in [1.807, 2.05) is 31.2 Å². The largest absolute Gasteiger partial charge is 0.352 e. The first-order valence-corrected chi connectivity index (χ1v) is 8.75. The number of piperazine rings is 1. The van der Waals surface area contributed by atoms with Crippen LogP contribution >= 0.6 is 0 Å². The van der Waals surface area contributed by atoms with Gasteiger partial charge in [-0.05, 0) is 36.8 Å². The monoisotopic (exact) mass is 363 g/mol. The average molecular weight is 363 g/mol. The number of aromatic nitrogens is 1. The van der Waals surface area contributed by atoms with E-state index in [1.165, 1.54) is 17.0 Å². The highest BCUT2D eigenvalue weighted by molar-refractivity contribution is 6.07. The van der Waals surface area contributed by atoms with Gasteiger partial charge < -0.3 is 10.2 Å². The molecule has 4 rings (SSSR count). The summed E-state index contributed by atoms with van der Waals surface area (Å²) in [6.07, 6.45) is 0. The molecule has 0 radical (unpaired) electrons. The van der Waals surface area contributed by atoms with Crippen LogP contribution in [-0.4, -0.2) is 34.8 Å². The van der Waals surface area contributed by atoms with Crippen molar-refractivity contribution in [1.29, 1.82) is 0 Å². The number of hydrogen-bond donors (Lipinski definition) is 1. The molecule has 0 aliphatic carbocycles. The average Bonchev–Trinajstić information content (AvgIpc) is 2.66. The molecule has 1 unspecified atom stereocenters. The lowest BCUT2D eigenvalue weighted by molar-refractivity contribution is -0.128. The fourth-order valence-electron chi connectivity index (χ4n) is 3.53. The lowest BCUT2D eigenvalue weighted by Crippen LogP contribution is -2.52. The minimum atomic E-state index is -0.866. The van der Waals surface area contributed by atoms with Gasteiger partial charge in [-0.2, -0.15) is 0 Å². The smallest absolute Gasteiger partial charge is 0.255 e. The first-order valence-electron chi connectivity index (χ1n) is 8.75. The molecule has 1 saturated heterocycles. The summed E-state index contributed by atoms with van der Waals surface area (Å²) in [6.45, 7) is 2.54. The van der Waals surface area contributed by atoms with Crippen molar-refractivity contribution in [2.45, 2.75) is 13.0 Å². The minimum Gasteiger partial charge on any atom is -0.352 e. The second-order valence-electron chi connectivity index (χ2n) is 6.58. The molecule has 1 aliphatic rings. The third kappa shape index (κ3) is 3.14. The molecule has 0 saturated carbocycles. The number of nitrogens with zero attached hydrogens (tertiary/aromatic N) is 2. The molecule has 0 spiro atoms. The summed E-state index contributed by atoms with van der Waals surface area (Å²) in [7, 11) is 0. The van der Waals surface area contributed by atoms with E-state index in [-0.39, 0.29) is 11.8 Å². The molecule has 2 heterocycles. The molecule has 27 heavy (non-hydrogen) atoms. The summed E-state index contributed by atoms with van der Waals surface area (Å²) in [5, 5.41) is 3.50. The molecule has 1 N–H and O–H groups in total.